The van der Waals surface area contributed by atoms with Crippen LogP contribution in [-0.4, -0.2) is 20.4 Å². The smallest absolute Gasteiger partial charge is 0.131 e. The maximum Gasteiger partial charge on any atom is 0.203 e. The van der Waals surface area contributed by atoms with E-state index in [1.165, 1.54) is 0 Å². The van der Waals surface area contributed by atoms with Gasteiger partial charge in [-0.05, 0) is 41.1 Å². The highest BCUT2D eigenvalue weighted by Gasteiger charge is 2.05. The van der Waals surface area contributed by atoms with Gasteiger partial charge in [0.05, 0.1) is 5.02 Å². The molecule has 0 bridgehead atoms. The first kappa shape index (κ1) is 10.4. The zero-order chi connectivity index (χ0) is 10.8. The minimum Gasteiger partial charge on any atom is -0.131 e. The van der Waals surface area contributed by atoms with Gasteiger partial charge in [-0.15, -0.1) is 20.4 Å². The minimum absolute atomic E-state index is 0.468. The van der Waals surface area contributed by atoms with Gasteiger partial charge in [-0.3, -0.25) is 0 Å². The predicted octanol–water partition coefficient (Wildman–Crippen LogP) is 2.66. The van der Waals surface area contributed by atoms with Gasteiger partial charge in [-0.25, -0.2) is 0 Å². The van der Waals surface area contributed by atoms with Crippen molar-refractivity contribution in [2.45, 2.75) is 6.92 Å². The molecule has 15 heavy (non-hydrogen) atoms. The lowest BCUT2D eigenvalue weighted by Crippen LogP contribution is -1.98. The van der Waals surface area contributed by atoms with Crippen molar-refractivity contribution in [2.75, 3.05) is 0 Å². The standard InChI is InChI=1S/C9H6BrClN4/c1-5-12-14-9(15-13-5)6-2-3-7(10)8(11)4-6/h2-4H,1H3. The molecule has 76 valence electrons. The van der Waals surface area contributed by atoms with E-state index in [2.05, 4.69) is 36.3 Å². The van der Waals surface area contributed by atoms with Crippen LogP contribution in [0, 0.1) is 6.92 Å². The molecule has 0 atom stereocenters. The van der Waals surface area contributed by atoms with Crippen LogP contribution in [0.25, 0.3) is 11.4 Å². The van der Waals surface area contributed by atoms with Crippen molar-refractivity contribution in [1.29, 1.82) is 0 Å². The molecule has 6 heteroatoms. The van der Waals surface area contributed by atoms with E-state index >= 15 is 0 Å². The van der Waals surface area contributed by atoms with Crippen molar-refractivity contribution >= 4 is 27.5 Å². The molecule has 2 rings (SSSR count). The van der Waals surface area contributed by atoms with Gasteiger partial charge in [0, 0.05) is 10.0 Å². The normalized spacial score (nSPS) is 10.3. The molecule has 4 nitrogen and oxygen atoms in total. The van der Waals surface area contributed by atoms with Crippen LogP contribution in [-0.2, 0) is 0 Å². The zero-order valence-corrected chi connectivity index (χ0v) is 10.1. The lowest BCUT2D eigenvalue weighted by molar-refractivity contribution is 0.816. The molecule has 0 unspecified atom stereocenters. The Morgan fingerprint density at radius 3 is 2.40 bits per heavy atom. The molecule has 1 aromatic heterocycles. The summed E-state index contributed by atoms with van der Waals surface area (Å²) in [6.45, 7) is 1.73. The molecule has 0 saturated heterocycles. The molecule has 0 aliphatic rings. The van der Waals surface area contributed by atoms with E-state index in [-0.39, 0.29) is 0 Å². The highest BCUT2D eigenvalue weighted by Crippen LogP contribution is 2.26. The number of aryl methyl sites for hydroxylation is 1. The van der Waals surface area contributed by atoms with Crippen LogP contribution >= 0.6 is 27.5 Å². The Hall–Kier alpha value is -1.07. The largest absolute Gasteiger partial charge is 0.203 e. The Bertz CT molecular complexity index is 486. The molecule has 0 N–H and O–H groups in total. The van der Waals surface area contributed by atoms with Gasteiger partial charge in [-0.2, -0.15) is 0 Å². The summed E-state index contributed by atoms with van der Waals surface area (Å²) < 4.78 is 0.834. The quantitative estimate of drug-likeness (QED) is 0.808. The van der Waals surface area contributed by atoms with Crippen molar-refractivity contribution < 1.29 is 0 Å². The second-order valence-electron chi connectivity index (χ2n) is 2.90. The molecule has 2 aromatic rings. The van der Waals surface area contributed by atoms with Gasteiger partial charge in [-0.1, -0.05) is 11.6 Å². The van der Waals surface area contributed by atoms with Crippen molar-refractivity contribution in [1.82, 2.24) is 20.4 Å². The fraction of sp³-hybridized carbons (Fsp3) is 0.111. The van der Waals surface area contributed by atoms with E-state index in [0.717, 1.165) is 10.0 Å². The fourth-order valence-corrected chi connectivity index (χ4v) is 1.46. The zero-order valence-electron chi connectivity index (χ0n) is 7.78. The van der Waals surface area contributed by atoms with Gasteiger partial charge in [0.1, 0.15) is 0 Å². The molecule has 0 fully saturated rings. The summed E-state index contributed by atoms with van der Waals surface area (Å²) in [6, 6.07) is 5.45. The van der Waals surface area contributed by atoms with Crippen LogP contribution in [0.5, 0.6) is 0 Å². The molecule has 0 amide bonds. The predicted molar refractivity (Wildman–Crippen MR) is 60.5 cm³/mol. The topological polar surface area (TPSA) is 51.6 Å². The molecule has 1 aromatic carbocycles. The Kier molecular flexibility index (Phi) is 2.93. The summed E-state index contributed by atoms with van der Waals surface area (Å²) in [5.41, 5.74) is 0.795. The molecule has 0 aliphatic heterocycles. The Morgan fingerprint density at radius 1 is 1.13 bits per heavy atom. The Balaban J connectivity index is 2.45. The highest BCUT2D eigenvalue weighted by molar-refractivity contribution is 9.10. The van der Waals surface area contributed by atoms with Crippen molar-refractivity contribution in [2.24, 2.45) is 0 Å². The minimum atomic E-state index is 0.468. The molecular formula is C9H6BrClN4. The van der Waals surface area contributed by atoms with Gasteiger partial charge in [0.2, 0.25) is 5.82 Å². The van der Waals surface area contributed by atoms with Crippen LogP contribution in [0.2, 0.25) is 5.02 Å². The van der Waals surface area contributed by atoms with E-state index in [0.29, 0.717) is 16.7 Å². The number of rotatable bonds is 1. The van der Waals surface area contributed by atoms with Crippen LogP contribution < -0.4 is 0 Å². The number of benzene rings is 1. The van der Waals surface area contributed by atoms with E-state index in [1.54, 1.807) is 13.0 Å². The molecule has 0 spiro atoms. The van der Waals surface area contributed by atoms with Crippen LogP contribution in [0.1, 0.15) is 5.82 Å². The van der Waals surface area contributed by atoms with Crippen LogP contribution in [0.4, 0.5) is 0 Å². The van der Waals surface area contributed by atoms with E-state index in [1.807, 2.05) is 12.1 Å². The number of hydrogen-bond donors (Lipinski definition) is 0. The van der Waals surface area contributed by atoms with Crippen LogP contribution in [0.15, 0.2) is 22.7 Å². The second-order valence-corrected chi connectivity index (χ2v) is 4.16. The summed E-state index contributed by atoms with van der Waals surface area (Å²) in [5.74, 6) is 1.01. The van der Waals surface area contributed by atoms with Gasteiger partial charge in [0.15, 0.2) is 5.82 Å². The van der Waals surface area contributed by atoms with Crippen molar-refractivity contribution in [3.05, 3.63) is 33.5 Å². The number of nitrogens with zero attached hydrogens (tertiary/aromatic N) is 4. The summed E-state index contributed by atoms with van der Waals surface area (Å²) >= 11 is 9.26. The number of hydrogen-bond acceptors (Lipinski definition) is 4. The molecule has 0 radical (unpaired) electrons. The maximum absolute atomic E-state index is 5.95. The maximum atomic E-state index is 5.95. The summed E-state index contributed by atoms with van der Waals surface area (Å²) in [5, 5.41) is 16.1. The fourth-order valence-electron chi connectivity index (χ4n) is 1.03. The number of aromatic nitrogens is 4. The third-order valence-electron chi connectivity index (χ3n) is 1.76. The summed E-state index contributed by atoms with van der Waals surface area (Å²) in [6.07, 6.45) is 0. The summed E-state index contributed by atoms with van der Waals surface area (Å²) in [4.78, 5) is 0. The molecule has 0 aliphatic carbocycles. The SMILES string of the molecule is Cc1nnc(-c2ccc(Br)c(Cl)c2)nn1. The molecule has 1 heterocycles. The first-order valence-electron chi connectivity index (χ1n) is 4.16. The average molecular weight is 286 g/mol. The third-order valence-corrected chi connectivity index (χ3v) is 2.99. The lowest BCUT2D eigenvalue weighted by atomic mass is 10.2. The van der Waals surface area contributed by atoms with Gasteiger partial charge >= 0.3 is 0 Å². The van der Waals surface area contributed by atoms with Crippen molar-refractivity contribution in [3.8, 4) is 11.4 Å². The summed E-state index contributed by atoms with van der Waals surface area (Å²) in [7, 11) is 0. The van der Waals surface area contributed by atoms with Gasteiger partial charge in [0.25, 0.3) is 0 Å². The first-order valence-corrected chi connectivity index (χ1v) is 5.33. The monoisotopic (exact) mass is 284 g/mol. The second kappa shape index (κ2) is 4.20. The van der Waals surface area contributed by atoms with E-state index in [9.17, 15) is 0 Å². The molecule has 0 saturated carbocycles. The highest BCUT2D eigenvalue weighted by atomic mass is 79.9. The molecular weight excluding hydrogens is 279 g/mol. The lowest BCUT2D eigenvalue weighted by Gasteiger charge is -2.00. The van der Waals surface area contributed by atoms with E-state index < -0.39 is 0 Å². The Morgan fingerprint density at radius 2 is 1.80 bits per heavy atom. The third kappa shape index (κ3) is 2.30. The number of halogens is 2. The first-order chi connectivity index (χ1) is 7.16. The van der Waals surface area contributed by atoms with E-state index in [4.69, 9.17) is 11.6 Å². The van der Waals surface area contributed by atoms with Crippen LogP contribution in [0.3, 0.4) is 0 Å². The van der Waals surface area contributed by atoms with Gasteiger partial charge < -0.3 is 0 Å². The van der Waals surface area contributed by atoms with Crippen molar-refractivity contribution in [3.63, 3.8) is 0 Å². The Labute approximate surface area is 99.8 Å². The average Bonchev–Trinajstić information content (AvgIpc) is 2.23.